The van der Waals surface area contributed by atoms with Gasteiger partial charge in [0.25, 0.3) is 11.8 Å². The molecule has 2 amide bonds. The highest BCUT2D eigenvalue weighted by molar-refractivity contribution is 5.98. The van der Waals surface area contributed by atoms with Crippen LogP contribution in [0.2, 0.25) is 0 Å². The molecule has 27 heavy (non-hydrogen) atoms. The summed E-state index contributed by atoms with van der Waals surface area (Å²) in [5.74, 6) is -1.93. The molecule has 0 saturated carbocycles. The number of halogens is 1. The van der Waals surface area contributed by atoms with Gasteiger partial charge >= 0.3 is 5.97 Å². The van der Waals surface area contributed by atoms with E-state index in [-0.39, 0.29) is 12.1 Å². The molecule has 2 aromatic rings. The summed E-state index contributed by atoms with van der Waals surface area (Å²) in [5.41, 5.74) is 0.594. The zero-order valence-electron chi connectivity index (χ0n) is 14.7. The van der Waals surface area contributed by atoms with E-state index in [9.17, 15) is 18.8 Å². The minimum atomic E-state index is -0.778. The number of carbonyl (C=O) groups is 3. The Balaban J connectivity index is 1.72. The highest BCUT2D eigenvalue weighted by Gasteiger charge is 2.14. The van der Waals surface area contributed by atoms with E-state index in [4.69, 9.17) is 9.47 Å². The number of para-hydroxylation sites is 1. The van der Waals surface area contributed by atoms with Gasteiger partial charge in [-0.3, -0.25) is 14.4 Å². The van der Waals surface area contributed by atoms with Gasteiger partial charge in [0.1, 0.15) is 18.1 Å². The fraction of sp³-hybridized carbons (Fsp3) is 0.211. The molecule has 142 valence electrons. The Morgan fingerprint density at radius 2 is 1.70 bits per heavy atom. The number of benzene rings is 2. The number of methoxy groups -OCH3 is 1. The third-order valence-corrected chi connectivity index (χ3v) is 3.54. The molecule has 0 aliphatic heterocycles. The van der Waals surface area contributed by atoms with Gasteiger partial charge in [-0.15, -0.1) is 0 Å². The average Bonchev–Trinajstić information content (AvgIpc) is 2.69. The number of ether oxygens (including phenoxy) is 2. The maximum Gasteiger partial charge on any atom is 0.325 e. The van der Waals surface area contributed by atoms with Crippen LogP contribution in [0, 0.1) is 5.82 Å². The van der Waals surface area contributed by atoms with E-state index in [1.807, 2.05) is 0 Å². The van der Waals surface area contributed by atoms with Crippen molar-refractivity contribution in [2.45, 2.75) is 6.54 Å². The zero-order valence-corrected chi connectivity index (χ0v) is 14.7. The molecule has 0 saturated heterocycles. The molecule has 7 nitrogen and oxygen atoms in total. The summed E-state index contributed by atoms with van der Waals surface area (Å²) in [6.07, 6.45) is 0. The van der Waals surface area contributed by atoms with Crippen LogP contribution < -0.4 is 15.4 Å². The molecular weight excluding hydrogens is 355 g/mol. The molecule has 0 heterocycles. The van der Waals surface area contributed by atoms with Crippen molar-refractivity contribution in [2.75, 3.05) is 20.3 Å². The molecule has 0 aliphatic rings. The van der Waals surface area contributed by atoms with E-state index in [2.05, 4.69) is 10.6 Å². The summed E-state index contributed by atoms with van der Waals surface area (Å²) >= 11 is 0. The fourth-order valence-electron chi connectivity index (χ4n) is 2.16. The van der Waals surface area contributed by atoms with Crippen LogP contribution in [0.4, 0.5) is 4.39 Å². The van der Waals surface area contributed by atoms with Crippen LogP contribution >= 0.6 is 0 Å². The average molecular weight is 374 g/mol. The molecule has 0 spiro atoms. The lowest BCUT2D eigenvalue weighted by molar-refractivity contribution is -0.147. The van der Waals surface area contributed by atoms with Gasteiger partial charge in [-0.1, -0.05) is 30.3 Å². The number of hydrogen-bond donors (Lipinski definition) is 2. The third-order valence-electron chi connectivity index (χ3n) is 3.54. The quantitative estimate of drug-likeness (QED) is 0.682. The van der Waals surface area contributed by atoms with Crippen LogP contribution in [0.3, 0.4) is 0 Å². The molecule has 0 radical (unpaired) electrons. The normalized spacial score (nSPS) is 10.0. The summed E-state index contributed by atoms with van der Waals surface area (Å²) in [5, 5.41) is 4.83. The van der Waals surface area contributed by atoms with Crippen molar-refractivity contribution in [2.24, 2.45) is 0 Å². The van der Waals surface area contributed by atoms with Crippen molar-refractivity contribution in [3.63, 3.8) is 0 Å². The minimum Gasteiger partial charge on any atom is -0.496 e. The van der Waals surface area contributed by atoms with E-state index in [0.717, 1.165) is 0 Å². The van der Waals surface area contributed by atoms with Gasteiger partial charge in [0, 0.05) is 12.1 Å². The Kier molecular flexibility index (Phi) is 7.30. The molecule has 2 rings (SSSR count). The number of hydrogen-bond acceptors (Lipinski definition) is 5. The first kappa shape index (κ1) is 19.9. The second-order valence-corrected chi connectivity index (χ2v) is 5.41. The van der Waals surface area contributed by atoms with E-state index in [0.29, 0.717) is 11.3 Å². The molecule has 8 heteroatoms. The van der Waals surface area contributed by atoms with Gasteiger partial charge in [0.2, 0.25) is 0 Å². The smallest absolute Gasteiger partial charge is 0.325 e. The second kappa shape index (κ2) is 9.91. The van der Waals surface area contributed by atoms with E-state index in [1.54, 1.807) is 36.4 Å². The summed E-state index contributed by atoms with van der Waals surface area (Å²) in [7, 11) is 1.43. The van der Waals surface area contributed by atoms with E-state index < -0.39 is 36.8 Å². The number of rotatable bonds is 8. The number of nitrogens with one attached hydrogen (secondary N) is 2. The molecule has 0 atom stereocenters. The molecule has 0 bridgehead atoms. The predicted molar refractivity (Wildman–Crippen MR) is 94.5 cm³/mol. The first-order chi connectivity index (χ1) is 13.0. The topological polar surface area (TPSA) is 93.7 Å². The van der Waals surface area contributed by atoms with Gasteiger partial charge in [-0.05, 0) is 18.2 Å². The molecule has 0 aromatic heterocycles. The fourth-order valence-corrected chi connectivity index (χ4v) is 2.16. The molecular formula is C19H19FN2O5. The van der Waals surface area contributed by atoms with E-state index >= 15 is 0 Å². The Hall–Kier alpha value is -3.42. The maximum absolute atomic E-state index is 13.4. The first-order valence-electron chi connectivity index (χ1n) is 8.08. The molecule has 2 aromatic carbocycles. The number of amides is 2. The number of esters is 1. The molecule has 2 N–H and O–H groups in total. The lowest BCUT2D eigenvalue weighted by atomic mass is 10.2. The minimum absolute atomic E-state index is 0.0202. The Bertz CT molecular complexity index is 825. The van der Waals surface area contributed by atoms with Crippen molar-refractivity contribution >= 4 is 17.8 Å². The van der Waals surface area contributed by atoms with Crippen molar-refractivity contribution in [1.29, 1.82) is 0 Å². The molecule has 0 aliphatic carbocycles. The van der Waals surface area contributed by atoms with Gasteiger partial charge in [0.15, 0.2) is 6.61 Å². The van der Waals surface area contributed by atoms with Crippen molar-refractivity contribution in [3.05, 3.63) is 65.5 Å². The van der Waals surface area contributed by atoms with Crippen LogP contribution in [-0.4, -0.2) is 38.0 Å². The van der Waals surface area contributed by atoms with Gasteiger partial charge < -0.3 is 20.1 Å². The lowest BCUT2D eigenvalue weighted by Gasteiger charge is -2.09. The van der Waals surface area contributed by atoms with Crippen molar-refractivity contribution < 1.29 is 28.2 Å². The van der Waals surface area contributed by atoms with Gasteiger partial charge in [-0.25, -0.2) is 4.39 Å². The van der Waals surface area contributed by atoms with E-state index in [1.165, 1.54) is 19.2 Å². The summed E-state index contributed by atoms with van der Waals surface area (Å²) in [6, 6.07) is 12.6. The SMILES string of the molecule is COc1ccccc1C(=O)NCC(=O)OCC(=O)NCc1ccccc1F. The molecule has 0 unspecified atom stereocenters. The Labute approximate surface area is 155 Å². The van der Waals surface area contributed by atoms with Gasteiger partial charge in [-0.2, -0.15) is 0 Å². The standard InChI is InChI=1S/C19H19FN2O5/c1-26-16-9-5-3-7-14(16)19(25)22-11-18(24)27-12-17(23)21-10-13-6-2-4-8-15(13)20/h2-9H,10-12H2,1H3,(H,21,23)(H,22,25). The molecule has 0 fully saturated rings. The highest BCUT2D eigenvalue weighted by atomic mass is 19.1. The van der Waals surface area contributed by atoms with Crippen LogP contribution in [0.25, 0.3) is 0 Å². The van der Waals surface area contributed by atoms with Crippen LogP contribution in [-0.2, 0) is 20.9 Å². The van der Waals surface area contributed by atoms with Crippen LogP contribution in [0.5, 0.6) is 5.75 Å². The predicted octanol–water partition coefficient (Wildman–Crippen LogP) is 1.42. The zero-order chi connectivity index (χ0) is 19.6. The van der Waals surface area contributed by atoms with Gasteiger partial charge in [0.05, 0.1) is 12.7 Å². The van der Waals surface area contributed by atoms with Crippen molar-refractivity contribution in [1.82, 2.24) is 10.6 Å². The highest BCUT2D eigenvalue weighted by Crippen LogP contribution is 2.16. The summed E-state index contributed by atoms with van der Waals surface area (Å²) < 4.78 is 23.3. The van der Waals surface area contributed by atoms with Crippen molar-refractivity contribution in [3.8, 4) is 5.75 Å². The Morgan fingerprint density at radius 1 is 1.00 bits per heavy atom. The van der Waals surface area contributed by atoms with Crippen LogP contribution in [0.1, 0.15) is 15.9 Å². The maximum atomic E-state index is 13.4. The van der Waals surface area contributed by atoms with Crippen LogP contribution in [0.15, 0.2) is 48.5 Å². The second-order valence-electron chi connectivity index (χ2n) is 5.41. The number of carbonyl (C=O) groups excluding carboxylic acids is 3. The first-order valence-corrected chi connectivity index (χ1v) is 8.08. The summed E-state index contributed by atoms with van der Waals surface area (Å²) in [6.45, 7) is -0.955. The largest absolute Gasteiger partial charge is 0.496 e. The monoisotopic (exact) mass is 374 g/mol. The third kappa shape index (κ3) is 6.10. The Morgan fingerprint density at radius 3 is 2.44 bits per heavy atom. The summed E-state index contributed by atoms with van der Waals surface area (Å²) in [4.78, 5) is 35.4. The lowest BCUT2D eigenvalue weighted by Crippen LogP contribution is -2.34.